The third kappa shape index (κ3) is 2.13. The molecule has 0 fully saturated rings. The van der Waals surface area contributed by atoms with Crippen molar-refractivity contribution in [3.8, 4) is 0 Å². The minimum absolute atomic E-state index is 0.234. The predicted molar refractivity (Wildman–Crippen MR) is 75.6 cm³/mol. The molecule has 2 nitrogen and oxygen atoms in total. The molecule has 3 aromatic rings. The van der Waals surface area contributed by atoms with Crippen LogP contribution in [-0.4, -0.2) is 9.97 Å². The van der Waals surface area contributed by atoms with Crippen molar-refractivity contribution in [3.05, 3.63) is 61.4 Å². The molecular weight excluding hydrogens is 268 g/mol. The van der Waals surface area contributed by atoms with Crippen LogP contribution < -0.4 is 0 Å². The minimum Gasteiger partial charge on any atom is -0.364 e. The number of H-pyrrole nitrogens is 2. The summed E-state index contributed by atoms with van der Waals surface area (Å²) in [5.74, 6) is 0.234. The van der Waals surface area contributed by atoms with E-state index in [2.05, 4.69) is 27.5 Å². The van der Waals surface area contributed by atoms with Crippen molar-refractivity contribution in [3.63, 3.8) is 0 Å². The topological polar surface area (TPSA) is 31.6 Å². The SMILES string of the molecule is S=c1scc(C(c2ccc[nH]2)c2ccc[nH]2)s1. The van der Waals surface area contributed by atoms with Gasteiger partial charge in [-0.1, -0.05) is 12.2 Å². The fourth-order valence-electron chi connectivity index (χ4n) is 1.90. The summed E-state index contributed by atoms with van der Waals surface area (Å²) < 4.78 is 0.975. The van der Waals surface area contributed by atoms with Crippen LogP contribution in [-0.2, 0) is 0 Å². The zero-order valence-electron chi connectivity index (χ0n) is 8.84. The molecule has 17 heavy (non-hydrogen) atoms. The van der Waals surface area contributed by atoms with Crippen LogP contribution >= 0.6 is 34.9 Å². The average Bonchev–Trinajstić information content (AvgIpc) is 3.02. The lowest BCUT2D eigenvalue weighted by molar-refractivity contribution is 0.918. The van der Waals surface area contributed by atoms with Crippen LogP contribution in [0.2, 0.25) is 0 Å². The van der Waals surface area contributed by atoms with Gasteiger partial charge in [-0.2, -0.15) is 0 Å². The van der Waals surface area contributed by atoms with E-state index in [-0.39, 0.29) is 5.92 Å². The molecule has 0 spiro atoms. The molecule has 3 aromatic heterocycles. The minimum atomic E-state index is 0.234. The van der Waals surface area contributed by atoms with Crippen molar-refractivity contribution in [2.75, 3.05) is 0 Å². The highest BCUT2D eigenvalue weighted by Crippen LogP contribution is 2.34. The van der Waals surface area contributed by atoms with Gasteiger partial charge in [-0.15, -0.1) is 22.7 Å². The van der Waals surface area contributed by atoms with Gasteiger partial charge >= 0.3 is 0 Å². The summed E-state index contributed by atoms with van der Waals surface area (Å²) in [6, 6.07) is 8.27. The van der Waals surface area contributed by atoms with E-state index in [1.165, 1.54) is 16.3 Å². The van der Waals surface area contributed by atoms with Crippen LogP contribution in [0.25, 0.3) is 0 Å². The molecule has 86 valence electrons. The van der Waals surface area contributed by atoms with Crippen LogP contribution in [0.4, 0.5) is 0 Å². The first-order valence-electron chi connectivity index (χ1n) is 5.19. The van der Waals surface area contributed by atoms with E-state index in [9.17, 15) is 0 Å². The van der Waals surface area contributed by atoms with Crippen molar-refractivity contribution >= 4 is 34.9 Å². The highest BCUT2D eigenvalue weighted by Gasteiger charge is 2.19. The average molecular weight is 278 g/mol. The van der Waals surface area contributed by atoms with Gasteiger partial charge in [0.05, 0.1) is 5.92 Å². The highest BCUT2D eigenvalue weighted by molar-refractivity contribution is 7.76. The quantitative estimate of drug-likeness (QED) is 0.685. The maximum atomic E-state index is 5.23. The summed E-state index contributed by atoms with van der Waals surface area (Å²) in [4.78, 5) is 7.86. The van der Waals surface area contributed by atoms with Crippen molar-refractivity contribution in [1.82, 2.24) is 9.97 Å². The Labute approximate surface area is 112 Å². The van der Waals surface area contributed by atoms with Gasteiger partial charge in [0.15, 0.2) is 0 Å². The van der Waals surface area contributed by atoms with Gasteiger partial charge < -0.3 is 9.97 Å². The molecule has 0 aliphatic carbocycles. The van der Waals surface area contributed by atoms with Gasteiger partial charge in [0.1, 0.15) is 3.14 Å². The third-order valence-electron chi connectivity index (χ3n) is 2.62. The first kappa shape index (κ1) is 11.0. The molecule has 5 heteroatoms. The molecule has 3 heterocycles. The van der Waals surface area contributed by atoms with Crippen molar-refractivity contribution in [2.24, 2.45) is 0 Å². The maximum absolute atomic E-state index is 5.23. The van der Waals surface area contributed by atoms with Gasteiger partial charge in [0.25, 0.3) is 0 Å². The number of hydrogen-bond donors (Lipinski definition) is 2. The predicted octanol–water partition coefficient (Wildman–Crippen LogP) is 4.38. The Balaban J connectivity index is 2.12. The van der Waals surface area contributed by atoms with Gasteiger partial charge in [-0.25, -0.2) is 0 Å². The number of nitrogens with one attached hydrogen (secondary N) is 2. The lowest BCUT2D eigenvalue weighted by Gasteiger charge is -2.12. The second-order valence-electron chi connectivity index (χ2n) is 3.67. The first-order chi connectivity index (χ1) is 8.34. The van der Waals surface area contributed by atoms with E-state index in [4.69, 9.17) is 12.2 Å². The van der Waals surface area contributed by atoms with E-state index >= 15 is 0 Å². The summed E-state index contributed by atoms with van der Waals surface area (Å²) in [6.45, 7) is 0. The summed E-state index contributed by atoms with van der Waals surface area (Å²) in [5.41, 5.74) is 2.38. The van der Waals surface area contributed by atoms with E-state index in [0.29, 0.717) is 0 Å². The van der Waals surface area contributed by atoms with E-state index in [1.807, 2.05) is 24.5 Å². The van der Waals surface area contributed by atoms with Crippen molar-refractivity contribution in [1.29, 1.82) is 0 Å². The van der Waals surface area contributed by atoms with E-state index < -0.39 is 0 Å². The Morgan fingerprint density at radius 3 is 2.12 bits per heavy atom. The summed E-state index contributed by atoms with van der Waals surface area (Å²) in [7, 11) is 0. The monoisotopic (exact) mass is 278 g/mol. The summed E-state index contributed by atoms with van der Waals surface area (Å²) >= 11 is 8.55. The van der Waals surface area contributed by atoms with Crippen LogP contribution in [0.3, 0.4) is 0 Å². The number of aromatic amines is 2. The van der Waals surface area contributed by atoms with Gasteiger partial charge in [-0.05, 0) is 24.3 Å². The third-order valence-corrected chi connectivity index (χ3v) is 5.17. The molecule has 0 saturated carbocycles. The lowest BCUT2D eigenvalue weighted by Crippen LogP contribution is -2.01. The molecule has 3 rings (SSSR count). The lowest BCUT2D eigenvalue weighted by atomic mass is 10.0. The molecule has 0 aromatic carbocycles. The Bertz CT molecular complexity index is 597. The normalized spacial score (nSPS) is 11.1. The van der Waals surface area contributed by atoms with Gasteiger partial charge in [0.2, 0.25) is 0 Å². The molecule has 0 amide bonds. The highest BCUT2D eigenvalue weighted by atomic mass is 32.2. The molecule has 0 aliphatic heterocycles. The van der Waals surface area contributed by atoms with Crippen molar-refractivity contribution < 1.29 is 0 Å². The smallest absolute Gasteiger partial charge is 0.143 e. The zero-order chi connectivity index (χ0) is 11.7. The number of aromatic nitrogens is 2. The molecule has 0 saturated heterocycles. The number of hydrogen-bond acceptors (Lipinski definition) is 3. The second kappa shape index (κ2) is 4.60. The molecule has 0 aliphatic rings. The molecule has 0 radical (unpaired) electrons. The molecular formula is C12H10N2S3. The van der Waals surface area contributed by atoms with Gasteiger partial charge in [0, 0.05) is 34.0 Å². The zero-order valence-corrected chi connectivity index (χ0v) is 11.3. The largest absolute Gasteiger partial charge is 0.364 e. The first-order valence-corrected chi connectivity index (χ1v) is 7.30. The van der Waals surface area contributed by atoms with Crippen molar-refractivity contribution in [2.45, 2.75) is 5.92 Å². The van der Waals surface area contributed by atoms with Crippen LogP contribution in [0.5, 0.6) is 0 Å². The maximum Gasteiger partial charge on any atom is 0.143 e. The fourth-order valence-corrected chi connectivity index (χ4v) is 4.21. The molecule has 0 bridgehead atoms. The Morgan fingerprint density at radius 1 is 1.06 bits per heavy atom. The van der Waals surface area contributed by atoms with Crippen LogP contribution in [0, 0.1) is 3.14 Å². The number of rotatable bonds is 3. The summed E-state index contributed by atoms with van der Waals surface area (Å²) in [6.07, 6.45) is 3.91. The molecule has 0 atom stereocenters. The van der Waals surface area contributed by atoms with E-state index in [0.717, 1.165) is 3.14 Å². The van der Waals surface area contributed by atoms with Gasteiger partial charge in [-0.3, -0.25) is 0 Å². The second-order valence-corrected chi connectivity index (χ2v) is 6.82. The molecule has 0 unspecified atom stereocenters. The Kier molecular flexibility index (Phi) is 2.96. The van der Waals surface area contributed by atoms with Crippen LogP contribution in [0.15, 0.2) is 42.0 Å². The van der Waals surface area contributed by atoms with E-state index in [1.54, 1.807) is 22.7 Å². The fraction of sp³-hybridized carbons (Fsp3) is 0.0833. The standard InChI is InChI=1S/C12H10N2S3/c15-12-16-7-10(17-12)11(8-3-1-5-13-8)9-4-2-6-14-9/h1-7,11,13-14H. The Morgan fingerprint density at radius 2 is 1.71 bits per heavy atom. The summed E-state index contributed by atoms with van der Waals surface area (Å²) in [5, 5.41) is 2.15. The Hall–Kier alpha value is -1.17. The van der Waals surface area contributed by atoms with Crippen LogP contribution in [0.1, 0.15) is 22.2 Å². The molecule has 2 N–H and O–H groups in total.